The summed E-state index contributed by atoms with van der Waals surface area (Å²) in [6, 6.07) is -0.540. The van der Waals surface area contributed by atoms with E-state index in [2.05, 4.69) is 55.6 Å². The SMILES string of the molecule is CCCCCCCC/C=C\CCCCCCCC(=O)OCCCCCCCCCCCCCCC/C=C\C/C=C\CCCCCCCCCCCCCCCCCCCC(=O)NC(CO)C(O)CCCCCCCCCCCCCCCCCCCCC. The number of nitrogens with one attached hydrogen (secondary N) is 1. The van der Waals surface area contributed by atoms with Gasteiger partial charge < -0.3 is 20.3 Å². The van der Waals surface area contributed by atoms with Gasteiger partial charge in [0.25, 0.3) is 0 Å². The van der Waals surface area contributed by atoms with E-state index in [1.54, 1.807) is 0 Å². The van der Waals surface area contributed by atoms with Crippen LogP contribution in [0.3, 0.4) is 0 Å². The Morgan fingerprint density at radius 1 is 0.318 bits per heavy atom. The highest BCUT2D eigenvalue weighted by molar-refractivity contribution is 5.76. The van der Waals surface area contributed by atoms with Gasteiger partial charge in [0.2, 0.25) is 5.91 Å². The summed E-state index contributed by atoms with van der Waals surface area (Å²) in [7, 11) is 0. The lowest BCUT2D eigenvalue weighted by Gasteiger charge is -2.22. The van der Waals surface area contributed by atoms with E-state index in [0.29, 0.717) is 25.9 Å². The largest absolute Gasteiger partial charge is 0.466 e. The molecular formula is C82H157NO5. The van der Waals surface area contributed by atoms with Crippen LogP contribution in [0.4, 0.5) is 0 Å². The summed E-state index contributed by atoms with van der Waals surface area (Å²) in [5.41, 5.74) is 0. The number of amides is 1. The molecule has 0 aromatic rings. The predicted molar refractivity (Wildman–Crippen MR) is 389 cm³/mol. The molecule has 88 heavy (non-hydrogen) atoms. The zero-order chi connectivity index (χ0) is 63.5. The number of hydrogen-bond donors (Lipinski definition) is 3. The quantitative estimate of drug-likeness (QED) is 0.0320. The zero-order valence-corrected chi connectivity index (χ0v) is 59.7. The minimum absolute atomic E-state index is 0.0115. The van der Waals surface area contributed by atoms with Gasteiger partial charge >= 0.3 is 5.97 Å². The van der Waals surface area contributed by atoms with E-state index in [9.17, 15) is 19.8 Å². The van der Waals surface area contributed by atoms with Crippen LogP contribution in [0.15, 0.2) is 36.5 Å². The highest BCUT2D eigenvalue weighted by Crippen LogP contribution is 2.20. The highest BCUT2D eigenvalue weighted by Gasteiger charge is 2.20. The Hall–Kier alpha value is -1.92. The van der Waals surface area contributed by atoms with Crippen molar-refractivity contribution in [2.75, 3.05) is 13.2 Å². The predicted octanol–water partition coefficient (Wildman–Crippen LogP) is 26.6. The lowest BCUT2D eigenvalue weighted by molar-refractivity contribution is -0.143. The van der Waals surface area contributed by atoms with E-state index >= 15 is 0 Å². The molecule has 2 atom stereocenters. The Bertz CT molecular complexity index is 1430. The van der Waals surface area contributed by atoms with Gasteiger partial charge in [-0.1, -0.05) is 391 Å². The number of hydrogen-bond acceptors (Lipinski definition) is 5. The Morgan fingerprint density at radius 2 is 0.568 bits per heavy atom. The molecule has 0 radical (unpaired) electrons. The van der Waals surface area contributed by atoms with Gasteiger partial charge in [-0.3, -0.25) is 9.59 Å². The van der Waals surface area contributed by atoms with Crippen molar-refractivity contribution in [2.24, 2.45) is 0 Å². The second-order valence-electron chi connectivity index (χ2n) is 27.7. The third-order valence-corrected chi connectivity index (χ3v) is 18.9. The molecule has 6 heteroatoms. The van der Waals surface area contributed by atoms with Gasteiger partial charge in [0, 0.05) is 12.8 Å². The van der Waals surface area contributed by atoms with Gasteiger partial charge in [-0.05, 0) is 83.5 Å². The van der Waals surface area contributed by atoms with Crippen LogP contribution in [0, 0.1) is 0 Å². The number of rotatable bonds is 76. The van der Waals surface area contributed by atoms with Gasteiger partial charge in [0.15, 0.2) is 0 Å². The molecule has 0 rings (SSSR count). The number of carbonyl (C=O) groups excluding carboxylic acids is 2. The Balaban J connectivity index is 3.36. The molecule has 6 nitrogen and oxygen atoms in total. The number of allylic oxidation sites excluding steroid dienone is 6. The number of ether oxygens (including phenoxy) is 1. The second kappa shape index (κ2) is 77.5. The molecule has 520 valence electrons. The highest BCUT2D eigenvalue weighted by atomic mass is 16.5. The maximum absolute atomic E-state index is 12.6. The summed E-state index contributed by atoms with van der Waals surface area (Å²) in [5, 5.41) is 23.4. The first-order chi connectivity index (χ1) is 43.5. The van der Waals surface area contributed by atoms with Gasteiger partial charge in [-0.2, -0.15) is 0 Å². The van der Waals surface area contributed by atoms with Gasteiger partial charge in [0.1, 0.15) is 0 Å². The maximum atomic E-state index is 12.6. The minimum Gasteiger partial charge on any atom is -0.466 e. The van der Waals surface area contributed by atoms with Crippen LogP contribution >= 0.6 is 0 Å². The first kappa shape index (κ1) is 86.1. The van der Waals surface area contributed by atoms with E-state index in [1.165, 1.54) is 366 Å². The molecule has 3 N–H and O–H groups in total. The van der Waals surface area contributed by atoms with Crippen molar-refractivity contribution in [1.29, 1.82) is 0 Å². The average molecular weight is 1240 g/mol. The standard InChI is InChI=1S/C82H157NO5/c1-3-5-7-9-11-13-15-17-19-20-40-43-47-50-54-58-62-66-70-74-80(85)79(78-84)83-81(86)75-71-67-63-59-55-51-48-44-41-38-36-34-32-30-28-26-24-22-21-23-25-27-29-31-33-35-37-39-42-45-49-53-57-61-65-69-73-77-88-82(87)76-72-68-64-60-56-52-46-18-16-14-12-10-8-6-4-2/h18,21,23,27,29,46,79-80,84-85H,3-17,19-20,22,24-26,28,30-45,47-78H2,1-2H3,(H,83,86)/b23-21-,29-27-,46-18-. The minimum atomic E-state index is -0.663. The second-order valence-corrected chi connectivity index (χ2v) is 27.7. The molecule has 0 saturated heterocycles. The van der Waals surface area contributed by atoms with Gasteiger partial charge in [-0.15, -0.1) is 0 Å². The lowest BCUT2D eigenvalue weighted by atomic mass is 10.0. The molecule has 0 bridgehead atoms. The molecule has 0 spiro atoms. The smallest absolute Gasteiger partial charge is 0.305 e. The maximum Gasteiger partial charge on any atom is 0.305 e. The topological polar surface area (TPSA) is 95.9 Å². The summed E-state index contributed by atoms with van der Waals surface area (Å²) in [4.78, 5) is 24.6. The van der Waals surface area contributed by atoms with Crippen LogP contribution in [0.1, 0.15) is 450 Å². The fourth-order valence-corrected chi connectivity index (χ4v) is 12.8. The van der Waals surface area contributed by atoms with E-state index in [0.717, 1.165) is 51.4 Å². The number of unbranched alkanes of at least 4 members (excludes halogenated alkanes) is 59. The Labute approximate surface area is 551 Å². The number of carbonyl (C=O) groups is 2. The number of esters is 1. The third-order valence-electron chi connectivity index (χ3n) is 18.9. The number of aliphatic hydroxyl groups excluding tert-OH is 2. The molecule has 1 amide bonds. The molecule has 0 saturated carbocycles. The fourth-order valence-electron chi connectivity index (χ4n) is 12.8. The molecular weight excluding hydrogens is 1080 g/mol. The molecule has 0 aliphatic rings. The van der Waals surface area contributed by atoms with Crippen molar-refractivity contribution >= 4 is 11.9 Å². The molecule has 0 aliphatic carbocycles. The van der Waals surface area contributed by atoms with Crippen LogP contribution in [-0.4, -0.2) is 47.4 Å². The van der Waals surface area contributed by atoms with E-state index in [-0.39, 0.29) is 18.5 Å². The summed E-state index contributed by atoms with van der Waals surface area (Å²) >= 11 is 0. The van der Waals surface area contributed by atoms with E-state index in [4.69, 9.17) is 4.74 Å². The molecule has 0 aromatic carbocycles. The molecule has 0 aromatic heterocycles. The molecule has 0 aliphatic heterocycles. The van der Waals surface area contributed by atoms with Gasteiger partial charge in [0.05, 0.1) is 25.4 Å². The van der Waals surface area contributed by atoms with Crippen molar-refractivity contribution in [3.05, 3.63) is 36.5 Å². The molecule has 0 fully saturated rings. The van der Waals surface area contributed by atoms with Crippen molar-refractivity contribution in [3.63, 3.8) is 0 Å². The summed E-state index contributed by atoms with van der Waals surface area (Å²) < 4.78 is 5.50. The first-order valence-electron chi connectivity index (χ1n) is 40.2. The lowest BCUT2D eigenvalue weighted by Crippen LogP contribution is -2.45. The van der Waals surface area contributed by atoms with E-state index < -0.39 is 12.1 Å². The Kier molecular flexibility index (Phi) is 75.8. The first-order valence-corrected chi connectivity index (χ1v) is 40.2. The van der Waals surface area contributed by atoms with Crippen molar-refractivity contribution in [2.45, 2.75) is 463 Å². The normalized spacial score (nSPS) is 12.6. The van der Waals surface area contributed by atoms with Crippen LogP contribution in [0.2, 0.25) is 0 Å². The van der Waals surface area contributed by atoms with Crippen LogP contribution in [-0.2, 0) is 14.3 Å². The van der Waals surface area contributed by atoms with Crippen molar-refractivity contribution in [1.82, 2.24) is 5.32 Å². The summed E-state index contributed by atoms with van der Waals surface area (Å²) in [5.74, 6) is -0.0162. The van der Waals surface area contributed by atoms with Crippen LogP contribution < -0.4 is 5.32 Å². The number of aliphatic hydroxyl groups is 2. The molecule has 0 heterocycles. The molecule has 2 unspecified atom stereocenters. The zero-order valence-electron chi connectivity index (χ0n) is 59.7. The third kappa shape index (κ3) is 73.1. The Morgan fingerprint density at radius 3 is 0.875 bits per heavy atom. The summed E-state index contributed by atoms with van der Waals surface area (Å²) in [6.07, 6.45) is 101. The van der Waals surface area contributed by atoms with Crippen LogP contribution in [0.5, 0.6) is 0 Å². The monoisotopic (exact) mass is 1240 g/mol. The van der Waals surface area contributed by atoms with Crippen molar-refractivity contribution < 1.29 is 24.5 Å². The average Bonchev–Trinajstić information content (AvgIpc) is 3.60. The van der Waals surface area contributed by atoms with Crippen molar-refractivity contribution in [3.8, 4) is 0 Å². The van der Waals surface area contributed by atoms with E-state index in [1.807, 2.05) is 0 Å². The van der Waals surface area contributed by atoms with Gasteiger partial charge in [-0.25, -0.2) is 0 Å². The summed E-state index contributed by atoms with van der Waals surface area (Å²) in [6.45, 7) is 4.99. The fraction of sp³-hybridized carbons (Fsp3) is 0.902. The van der Waals surface area contributed by atoms with Crippen LogP contribution in [0.25, 0.3) is 0 Å².